The van der Waals surface area contributed by atoms with Crippen molar-refractivity contribution in [3.8, 4) is 0 Å². The third-order valence-corrected chi connectivity index (χ3v) is 3.59. The Labute approximate surface area is 112 Å². The number of likely N-dealkylation sites (N-methyl/N-ethyl adjacent to an activating group) is 1. The minimum absolute atomic E-state index is 0.257. The van der Waals surface area contributed by atoms with Gasteiger partial charge in [0.15, 0.2) is 0 Å². The van der Waals surface area contributed by atoms with E-state index in [0.29, 0.717) is 6.04 Å². The van der Waals surface area contributed by atoms with Crippen LogP contribution >= 0.6 is 0 Å². The van der Waals surface area contributed by atoms with Gasteiger partial charge >= 0.3 is 0 Å². The smallest absolute Gasteiger partial charge is 0.250 e. The van der Waals surface area contributed by atoms with E-state index in [0.717, 1.165) is 38.2 Å². The highest BCUT2D eigenvalue weighted by Crippen LogP contribution is 2.25. The van der Waals surface area contributed by atoms with Crippen molar-refractivity contribution < 1.29 is 9.18 Å². The van der Waals surface area contributed by atoms with Crippen molar-refractivity contribution in [2.75, 3.05) is 24.5 Å². The predicted octanol–water partition coefficient (Wildman–Crippen LogP) is 1.50. The number of anilines is 1. The van der Waals surface area contributed by atoms with Crippen LogP contribution in [0.1, 0.15) is 30.1 Å². The molecule has 1 aromatic carbocycles. The first-order valence-electron chi connectivity index (χ1n) is 6.70. The van der Waals surface area contributed by atoms with E-state index in [2.05, 4.69) is 10.2 Å². The first kappa shape index (κ1) is 13.8. The van der Waals surface area contributed by atoms with Gasteiger partial charge in [0.2, 0.25) is 0 Å². The largest absolute Gasteiger partial charge is 0.367 e. The summed E-state index contributed by atoms with van der Waals surface area (Å²) in [7, 11) is 0. The number of carbonyl (C=O) groups excluding carboxylic acids is 1. The number of carbonyl (C=O) groups is 1. The summed E-state index contributed by atoms with van der Waals surface area (Å²) in [5, 5.41) is 3.35. The number of benzene rings is 1. The molecule has 0 aliphatic carbocycles. The number of hydrogen-bond donors (Lipinski definition) is 2. The first-order chi connectivity index (χ1) is 9.13. The number of amides is 1. The molecular weight excluding hydrogens is 245 g/mol. The maximum absolute atomic E-state index is 13.3. The lowest BCUT2D eigenvalue weighted by molar-refractivity contribution is 0.1000. The van der Waals surface area contributed by atoms with Crippen molar-refractivity contribution in [3.63, 3.8) is 0 Å². The molecule has 0 aromatic heterocycles. The van der Waals surface area contributed by atoms with E-state index in [4.69, 9.17) is 5.73 Å². The number of piperidine rings is 1. The van der Waals surface area contributed by atoms with Gasteiger partial charge in [-0.1, -0.05) is 0 Å². The number of primary amides is 1. The van der Waals surface area contributed by atoms with Crippen molar-refractivity contribution in [2.45, 2.75) is 25.8 Å². The average Bonchev–Trinajstić information content (AvgIpc) is 2.42. The van der Waals surface area contributed by atoms with E-state index >= 15 is 0 Å². The fourth-order valence-electron chi connectivity index (χ4n) is 2.68. The minimum atomic E-state index is -0.586. The fourth-order valence-corrected chi connectivity index (χ4v) is 2.68. The van der Waals surface area contributed by atoms with Crippen molar-refractivity contribution in [3.05, 3.63) is 29.6 Å². The lowest BCUT2D eigenvalue weighted by Gasteiger charge is -2.36. The van der Waals surface area contributed by atoms with Gasteiger partial charge in [0.1, 0.15) is 5.82 Å². The van der Waals surface area contributed by atoms with E-state index in [-0.39, 0.29) is 5.56 Å². The summed E-state index contributed by atoms with van der Waals surface area (Å²) in [5.74, 6) is -1.02. The molecule has 1 unspecified atom stereocenters. The van der Waals surface area contributed by atoms with Crippen LogP contribution in [0.4, 0.5) is 10.1 Å². The molecular formula is C14H20FN3O. The maximum Gasteiger partial charge on any atom is 0.250 e. The molecule has 1 aliphatic heterocycles. The molecule has 0 saturated carbocycles. The molecule has 1 aromatic rings. The third-order valence-electron chi connectivity index (χ3n) is 3.59. The second-order valence-electron chi connectivity index (χ2n) is 4.81. The van der Waals surface area contributed by atoms with Gasteiger partial charge in [-0.25, -0.2) is 4.39 Å². The summed E-state index contributed by atoms with van der Waals surface area (Å²) in [6.45, 7) is 4.70. The van der Waals surface area contributed by atoms with Crippen LogP contribution in [0.25, 0.3) is 0 Å². The zero-order chi connectivity index (χ0) is 13.8. The zero-order valence-electron chi connectivity index (χ0n) is 11.2. The number of halogens is 1. The molecule has 1 atom stereocenters. The standard InChI is InChI=1S/C14H20FN3O/c1-2-18(11-4-3-7-17-9-11)13-6-5-10(15)8-12(13)14(16)19/h5-6,8,11,17H,2-4,7,9H2,1H3,(H2,16,19). The normalized spacial score (nSPS) is 19.2. The van der Waals surface area contributed by atoms with Gasteiger partial charge in [-0.15, -0.1) is 0 Å². The van der Waals surface area contributed by atoms with Crippen molar-refractivity contribution in [1.82, 2.24) is 5.32 Å². The van der Waals surface area contributed by atoms with Gasteiger partial charge in [-0.05, 0) is 44.5 Å². The van der Waals surface area contributed by atoms with Crippen molar-refractivity contribution in [2.24, 2.45) is 5.73 Å². The van der Waals surface area contributed by atoms with Gasteiger partial charge in [-0.3, -0.25) is 4.79 Å². The average molecular weight is 265 g/mol. The Hall–Kier alpha value is -1.62. The molecule has 1 fully saturated rings. The lowest BCUT2D eigenvalue weighted by atomic mass is 10.0. The SMILES string of the molecule is CCN(c1ccc(F)cc1C(N)=O)C1CCCNC1. The van der Waals surface area contributed by atoms with Crippen LogP contribution in [0.3, 0.4) is 0 Å². The lowest BCUT2D eigenvalue weighted by Crippen LogP contribution is -2.46. The molecule has 0 radical (unpaired) electrons. The molecule has 0 bridgehead atoms. The monoisotopic (exact) mass is 265 g/mol. The molecule has 1 heterocycles. The van der Waals surface area contributed by atoms with Crippen LogP contribution in [0.5, 0.6) is 0 Å². The van der Waals surface area contributed by atoms with E-state index in [9.17, 15) is 9.18 Å². The molecule has 5 heteroatoms. The van der Waals surface area contributed by atoms with E-state index in [1.807, 2.05) is 6.92 Å². The molecule has 1 aliphatic rings. The van der Waals surface area contributed by atoms with E-state index < -0.39 is 11.7 Å². The number of hydrogen-bond acceptors (Lipinski definition) is 3. The van der Waals surface area contributed by atoms with E-state index in [1.54, 1.807) is 6.07 Å². The Kier molecular flexibility index (Phi) is 4.37. The van der Waals surface area contributed by atoms with Crippen LogP contribution in [-0.2, 0) is 0 Å². The van der Waals surface area contributed by atoms with E-state index in [1.165, 1.54) is 12.1 Å². The van der Waals surface area contributed by atoms with Crippen LogP contribution in [0, 0.1) is 5.82 Å². The zero-order valence-corrected chi connectivity index (χ0v) is 11.2. The Bertz CT molecular complexity index is 458. The van der Waals surface area contributed by atoms with Crippen LogP contribution in [0.15, 0.2) is 18.2 Å². The summed E-state index contributed by atoms with van der Waals surface area (Å²) in [5.41, 5.74) is 6.34. The van der Waals surface area contributed by atoms with Crippen molar-refractivity contribution in [1.29, 1.82) is 0 Å². The molecule has 4 nitrogen and oxygen atoms in total. The molecule has 1 amide bonds. The highest BCUT2D eigenvalue weighted by Gasteiger charge is 2.23. The molecule has 2 rings (SSSR count). The highest BCUT2D eigenvalue weighted by molar-refractivity contribution is 5.98. The Morgan fingerprint density at radius 1 is 1.58 bits per heavy atom. The maximum atomic E-state index is 13.3. The summed E-state index contributed by atoms with van der Waals surface area (Å²) in [6.07, 6.45) is 2.17. The number of rotatable bonds is 4. The van der Waals surface area contributed by atoms with Crippen LogP contribution < -0.4 is 16.0 Å². The highest BCUT2D eigenvalue weighted by atomic mass is 19.1. The first-order valence-corrected chi connectivity index (χ1v) is 6.70. The van der Waals surface area contributed by atoms with Crippen molar-refractivity contribution >= 4 is 11.6 Å². The van der Waals surface area contributed by atoms with Gasteiger partial charge in [0.05, 0.1) is 5.56 Å². The Morgan fingerprint density at radius 3 is 2.95 bits per heavy atom. The summed E-state index contributed by atoms with van der Waals surface area (Å²) >= 11 is 0. The Morgan fingerprint density at radius 2 is 2.37 bits per heavy atom. The number of nitrogens with two attached hydrogens (primary N) is 1. The fraction of sp³-hybridized carbons (Fsp3) is 0.500. The summed E-state index contributed by atoms with van der Waals surface area (Å²) in [6, 6.07) is 4.56. The van der Waals surface area contributed by atoms with Gasteiger partial charge < -0.3 is 16.0 Å². The Balaban J connectivity index is 2.34. The third kappa shape index (κ3) is 3.04. The quantitative estimate of drug-likeness (QED) is 0.867. The second-order valence-corrected chi connectivity index (χ2v) is 4.81. The molecule has 1 saturated heterocycles. The number of nitrogens with zero attached hydrogens (tertiary/aromatic N) is 1. The minimum Gasteiger partial charge on any atom is -0.367 e. The molecule has 104 valence electrons. The molecule has 19 heavy (non-hydrogen) atoms. The predicted molar refractivity (Wildman–Crippen MR) is 73.8 cm³/mol. The van der Waals surface area contributed by atoms with Gasteiger partial charge in [-0.2, -0.15) is 0 Å². The summed E-state index contributed by atoms with van der Waals surface area (Å²) < 4.78 is 13.3. The number of nitrogens with one attached hydrogen (secondary N) is 1. The summed E-state index contributed by atoms with van der Waals surface area (Å²) in [4.78, 5) is 13.6. The second kappa shape index (κ2) is 6.02. The van der Waals surface area contributed by atoms with Gasteiger partial charge in [0, 0.05) is 24.8 Å². The van der Waals surface area contributed by atoms with Crippen LogP contribution in [-0.4, -0.2) is 31.6 Å². The van der Waals surface area contributed by atoms with Crippen LogP contribution in [0.2, 0.25) is 0 Å². The van der Waals surface area contributed by atoms with Gasteiger partial charge in [0.25, 0.3) is 5.91 Å². The molecule has 0 spiro atoms. The topological polar surface area (TPSA) is 58.4 Å². The molecule has 3 N–H and O–H groups in total.